The lowest BCUT2D eigenvalue weighted by Crippen LogP contribution is -2.22. The number of anilines is 2. The fourth-order valence-corrected chi connectivity index (χ4v) is 1.81. The number of alkyl halides is 3. The first-order valence-corrected chi connectivity index (χ1v) is 6.08. The van der Waals surface area contributed by atoms with Gasteiger partial charge in [0.25, 0.3) is 0 Å². The Morgan fingerprint density at radius 3 is 2.47 bits per heavy atom. The van der Waals surface area contributed by atoms with E-state index in [1.165, 1.54) is 12.1 Å². The summed E-state index contributed by atoms with van der Waals surface area (Å²) in [6, 6.07) is 3.56. The number of hydrogen-bond acceptors (Lipinski definition) is 3. The molecule has 19 heavy (non-hydrogen) atoms. The van der Waals surface area contributed by atoms with Crippen molar-refractivity contribution in [3.05, 3.63) is 23.8 Å². The molecule has 1 atom stereocenters. The molecule has 1 aromatic carbocycles. The van der Waals surface area contributed by atoms with Crippen molar-refractivity contribution in [3.8, 4) is 0 Å². The lowest BCUT2D eigenvalue weighted by Gasteiger charge is -2.18. The van der Waals surface area contributed by atoms with Gasteiger partial charge >= 0.3 is 6.18 Å². The van der Waals surface area contributed by atoms with Crippen molar-refractivity contribution in [2.24, 2.45) is 5.92 Å². The van der Waals surface area contributed by atoms with Crippen LogP contribution in [0.1, 0.15) is 25.8 Å². The fraction of sp³-hybridized carbons (Fsp3) is 0.538. The van der Waals surface area contributed by atoms with E-state index in [0.717, 1.165) is 6.07 Å². The summed E-state index contributed by atoms with van der Waals surface area (Å²) < 4.78 is 38.4. The van der Waals surface area contributed by atoms with Gasteiger partial charge in [0, 0.05) is 17.9 Å². The van der Waals surface area contributed by atoms with Crippen molar-refractivity contribution in [3.63, 3.8) is 0 Å². The van der Waals surface area contributed by atoms with Crippen LogP contribution >= 0.6 is 0 Å². The van der Waals surface area contributed by atoms with Gasteiger partial charge in [0.2, 0.25) is 0 Å². The predicted octanol–water partition coefficient (Wildman–Crippen LogP) is 3.11. The summed E-state index contributed by atoms with van der Waals surface area (Å²) in [5.41, 5.74) is 4.54. The van der Waals surface area contributed by atoms with Crippen LogP contribution in [0.15, 0.2) is 18.2 Å². The van der Waals surface area contributed by atoms with Crippen LogP contribution in [0, 0.1) is 5.92 Å². The number of halogens is 3. The number of aliphatic hydroxyl groups is 1. The minimum absolute atomic E-state index is 0.0561. The molecule has 0 radical (unpaired) electrons. The third-order valence-corrected chi connectivity index (χ3v) is 2.62. The molecule has 1 rings (SSSR count). The molecule has 0 heterocycles. The summed E-state index contributed by atoms with van der Waals surface area (Å²) in [4.78, 5) is 0. The maximum atomic E-state index is 12.8. The van der Waals surface area contributed by atoms with Gasteiger partial charge in [0.1, 0.15) is 0 Å². The Bertz CT molecular complexity index is 419. The topological polar surface area (TPSA) is 58.3 Å². The van der Waals surface area contributed by atoms with Crippen LogP contribution in [0.25, 0.3) is 0 Å². The van der Waals surface area contributed by atoms with Crippen LogP contribution in [0.5, 0.6) is 0 Å². The maximum Gasteiger partial charge on any atom is 0.418 e. The van der Waals surface area contributed by atoms with Crippen molar-refractivity contribution >= 4 is 11.4 Å². The van der Waals surface area contributed by atoms with Gasteiger partial charge in [-0.1, -0.05) is 13.8 Å². The van der Waals surface area contributed by atoms with Crippen molar-refractivity contribution in [2.75, 3.05) is 17.6 Å². The smallest absolute Gasteiger partial charge is 0.399 e. The summed E-state index contributed by atoms with van der Waals surface area (Å²) in [6.07, 6.45) is -4.62. The summed E-state index contributed by atoms with van der Waals surface area (Å²) in [5, 5.41) is 12.3. The van der Waals surface area contributed by atoms with Crippen LogP contribution in [-0.4, -0.2) is 17.8 Å². The molecule has 1 aromatic rings. The third-order valence-electron chi connectivity index (χ3n) is 2.62. The number of aliphatic hydroxyl groups excluding tert-OH is 1. The molecule has 0 saturated carbocycles. The molecule has 0 aliphatic rings. The number of hydrogen-bond donors (Lipinski definition) is 3. The molecular formula is C13H19F3N2O. The molecule has 0 amide bonds. The first-order chi connectivity index (χ1) is 8.70. The Kier molecular flexibility index (Phi) is 5.05. The molecule has 0 aliphatic heterocycles. The number of benzene rings is 1. The summed E-state index contributed by atoms with van der Waals surface area (Å²) in [5.74, 6) is 0.283. The molecule has 1 unspecified atom stereocenters. The summed E-state index contributed by atoms with van der Waals surface area (Å²) in [6.45, 7) is 3.95. The van der Waals surface area contributed by atoms with E-state index in [0.29, 0.717) is 6.42 Å². The van der Waals surface area contributed by atoms with E-state index in [-0.39, 0.29) is 23.8 Å². The van der Waals surface area contributed by atoms with Crippen LogP contribution in [0.4, 0.5) is 24.5 Å². The van der Waals surface area contributed by atoms with E-state index in [4.69, 9.17) is 5.73 Å². The number of rotatable bonds is 5. The second-order valence-electron chi connectivity index (χ2n) is 4.97. The number of nitrogens with two attached hydrogens (primary N) is 1. The van der Waals surface area contributed by atoms with E-state index in [1.54, 1.807) is 0 Å². The molecular weight excluding hydrogens is 257 g/mol. The van der Waals surface area contributed by atoms with Gasteiger partial charge in [-0.2, -0.15) is 13.2 Å². The molecule has 0 aromatic heterocycles. The predicted molar refractivity (Wildman–Crippen MR) is 69.8 cm³/mol. The third kappa shape index (κ3) is 4.98. The highest BCUT2D eigenvalue weighted by Gasteiger charge is 2.33. The monoisotopic (exact) mass is 276 g/mol. The highest BCUT2D eigenvalue weighted by molar-refractivity contribution is 5.59. The fourth-order valence-electron chi connectivity index (χ4n) is 1.81. The molecule has 0 spiro atoms. The van der Waals surface area contributed by atoms with Crippen molar-refractivity contribution in [1.82, 2.24) is 0 Å². The zero-order chi connectivity index (χ0) is 14.6. The first kappa shape index (κ1) is 15.6. The van der Waals surface area contributed by atoms with E-state index in [1.807, 2.05) is 13.8 Å². The van der Waals surface area contributed by atoms with Crippen molar-refractivity contribution in [2.45, 2.75) is 32.5 Å². The van der Waals surface area contributed by atoms with Crippen molar-refractivity contribution < 1.29 is 18.3 Å². The Labute approximate surface area is 110 Å². The van der Waals surface area contributed by atoms with Gasteiger partial charge in [0.15, 0.2) is 0 Å². The molecule has 0 fully saturated rings. The Morgan fingerprint density at radius 1 is 1.32 bits per heavy atom. The number of nitrogens with one attached hydrogen (secondary N) is 1. The minimum Gasteiger partial charge on any atom is -0.399 e. The molecule has 0 saturated heterocycles. The largest absolute Gasteiger partial charge is 0.418 e. The normalized spacial score (nSPS) is 13.6. The van der Waals surface area contributed by atoms with E-state index in [9.17, 15) is 18.3 Å². The zero-order valence-corrected chi connectivity index (χ0v) is 11.0. The standard InChI is InChI=1S/C13H19F3N2O/c1-8(2)5-10(19)7-18-12-4-3-9(17)6-11(12)13(14,15)16/h3-4,6,8,10,18-19H,5,7,17H2,1-2H3. The second kappa shape index (κ2) is 6.14. The molecule has 6 heteroatoms. The Balaban J connectivity index is 2.78. The highest BCUT2D eigenvalue weighted by Crippen LogP contribution is 2.36. The zero-order valence-electron chi connectivity index (χ0n) is 11.0. The van der Waals surface area contributed by atoms with E-state index < -0.39 is 17.8 Å². The van der Waals surface area contributed by atoms with Crippen LogP contribution < -0.4 is 11.1 Å². The van der Waals surface area contributed by atoms with Gasteiger partial charge in [0.05, 0.1) is 11.7 Å². The number of nitrogen functional groups attached to an aromatic ring is 1. The van der Waals surface area contributed by atoms with Gasteiger partial charge in [-0.15, -0.1) is 0 Å². The maximum absolute atomic E-state index is 12.8. The van der Waals surface area contributed by atoms with E-state index in [2.05, 4.69) is 5.32 Å². The van der Waals surface area contributed by atoms with Crippen LogP contribution in [0.3, 0.4) is 0 Å². The molecule has 3 nitrogen and oxygen atoms in total. The minimum atomic E-state index is -4.47. The summed E-state index contributed by atoms with van der Waals surface area (Å²) >= 11 is 0. The summed E-state index contributed by atoms with van der Waals surface area (Å²) in [7, 11) is 0. The lowest BCUT2D eigenvalue weighted by atomic mass is 10.1. The average Bonchev–Trinajstić information content (AvgIpc) is 2.25. The molecule has 0 aliphatic carbocycles. The van der Waals surface area contributed by atoms with Crippen LogP contribution in [-0.2, 0) is 6.18 Å². The van der Waals surface area contributed by atoms with Gasteiger partial charge in [-0.3, -0.25) is 0 Å². The Morgan fingerprint density at radius 2 is 1.95 bits per heavy atom. The lowest BCUT2D eigenvalue weighted by molar-refractivity contribution is -0.136. The molecule has 108 valence electrons. The molecule has 0 bridgehead atoms. The van der Waals surface area contributed by atoms with Crippen molar-refractivity contribution in [1.29, 1.82) is 0 Å². The SMILES string of the molecule is CC(C)CC(O)CNc1ccc(N)cc1C(F)(F)F. The van der Waals surface area contributed by atoms with Gasteiger partial charge in [-0.05, 0) is 30.5 Å². The van der Waals surface area contributed by atoms with Gasteiger partial charge < -0.3 is 16.2 Å². The Hall–Kier alpha value is -1.43. The average molecular weight is 276 g/mol. The first-order valence-electron chi connectivity index (χ1n) is 6.08. The van der Waals surface area contributed by atoms with Gasteiger partial charge in [-0.25, -0.2) is 0 Å². The second-order valence-corrected chi connectivity index (χ2v) is 4.97. The highest BCUT2D eigenvalue weighted by atomic mass is 19.4. The van der Waals surface area contributed by atoms with Crippen LogP contribution in [0.2, 0.25) is 0 Å². The van der Waals surface area contributed by atoms with E-state index >= 15 is 0 Å². The molecule has 4 N–H and O–H groups in total. The quantitative estimate of drug-likeness (QED) is 0.724.